The molecule has 0 spiro atoms. The third-order valence-electron chi connectivity index (χ3n) is 4.27. The van der Waals surface area contributed by atoms with Crippen molar-refractivity contribution in [3.05, 3.63) is 0 Å². The lowest BCUT2D eigenvalue weighted by Gasteiger charge is -2.46. The Morgan fingerprint density at radius 1 is 1.25 bits per heavy atom. The molecule has 120 valence electrons. The fraction of sp³-hybridized carbons (Fsp3) is 1.00. The number of halogens is 3. The molecule has 1 saturated carbocycles. The number of rotatable bonds is 6. The first-order valence-electron chi connectivity index (χ1n) is 7.72. The van der Waals surface area contributed by atoms with Gasteiger partial charge in [-0.25, -0.2) is 0 Å². The minimum absolute atomic E-state index is 0.0167. The average molecular weight is 294 g/mol. The Morgan fingerprint density at radius 3 is 2.40 bits per heavy atom. The molecule has 2 nitrogen and oxygen atoms in total. The Bertz CT molecular complexity index is 289. The van der Waals surface area contributed by atoms with E-state index < -0.39 is 12.7 Å². The lowest BCUT2D eigenvalue weighted by Crippen LogP contribution is -2.56. The predicted molar refractivity (Wildman–Crippen MR) is 76.8 cm³/mol. The number of hydrogen-bond acceptors (Lipinski definition) is 2. The number of nitrogens with one attached hydrogen (secondary N) is 1. The fourth-order valence-electron chi connectivity index (χ4n) is 3.19. The van der Waals surface area contributed by atoms with Crippen molar-refractivity contribution in [3.8, 4) is 0 Å². The van der Waals surface area contributed by atoms with E-state index in [0.29, 0.717) is 6.54 Å². The van der Waals surface area contributed by atoms with Gasteiger partial charge in [-0.15, -0.1) is 0 Å². The fourth-order valence-corrected chi connectivity index (χ4v) is 3.19. The second-order valence-corrected chi connectivity index (χ2v) is 6.71. The summed E-state index contributed by atoms with van der Waals surface area (Å²) in [4.78, 5) is 1.61. The molecular weight excluding hydrogens is 265 g/mol. The molecule has 1 rings (SSSR count). The molecule has 0 aliphatic heterocycles. The highest BCUT2D eigenvalue weighted by molar-refractivity contribution is 4.94. The SMILES string of the molecule is CCCNC1CCC(C)(C)CC1N(CC)CC(F)(F)F. The first kappa shape index (κ1) is 17.8. The van der Waals surface area contributed by atoms with E-state index >= 15 is 0 Å². The molecular formula is C15H29F3N2. The van der Waals surface area contributed by atoms with Gasteiger partial charge in [0, 0.05) is 12.1 Å². The molecule has 0 aromatic carbocycles. The van der Waals surface area contributed by atoms with Crippen LogP contribution in [-0.2, 0) is 0 Å². The molecule has 0 aromatic rings. The molecule has 0 aromatic heterocycles. The van der Waals surface area contributed by atoms with Gasteiger partial charge in [0.15, 0.2) is 0 Å². The molecule has 2 atom stereocenters. The molecule has 5 heteroatoms. The van der Waals surface area contributed by atoms with E-state index in [1.54, 1.807) is 4.90 Å². The van der Waals surface area contributed by atoms with Crippen LogP contribution in [0.3, 0.4) is 0 Å². The second-order valence-electron chi connectivity index (χ2n) is 6.71. The van der Waals surface area contributed by atoms with Gasteiger partial charge < -0.3 is 5.32 Å². The van der Waals surface area contributed by atoms with Crippen LogP contribution in [0, 0.1) is 5.41 Å². The van der Waals surface area contributed by atoms with Crippen LogP contribution in [0.5, 0.6) is 0 Å². The predicted octanol–water partition coefficient (Wildman–Crippen LogP) is 3.82. The third-order valence-corrected chi connectivity index (χ3v) is 4.27. The third kappa shape index (κ3) is 5.60. The van der Waals surface area contributed by atoms with Crippen LogP contribution in [0.4, 0.5) is 13.2 Å². The average Bonchev–Trinajstić information content (AvgIpc) is 2.32. The van der Waals surface area contributed by atoms with Gasteiger partial charge in [-0.3, -0.25) is 4.90 Å². The summed E-state index contributed by atoms with van der Waals surface area (Å²) < 4.78 is 38.3. The van der Waals surface area contributed by atoms with E-state index in [-0.39, 0.29) is 17.5 Å². The molecule has 0 heterocycles. The maximum absolute atomic E-state index is 12.8. The van der Waals surface area contributed by atoms with Crippen LogP contribution in [0.25, 0.3) is 0 Å². The van der Waals surface area contributed by atoms with Gasteiger partial charge in [-0.1, -0.05) is 27.7 Å². The van der Waals surface area contributed by atoms with Crippen molar-refractivity contribution in [2.24, 2.45) is 5.41 Å². The van der Waals surface area contributed by atoms with Gasteiger partial charge in [0.2, 0.25) is 0 Å². The normalized spacial score (nSPS) is 27.0. The van der Waals surface area contributed by atoms with E-state index in [1.165, 1.54) is 0 Å². The highest BCUT2D eigenvalue weighted by atomic mass is 19.4. The molecule has 2 unspecified atom stereocenters. The highest BCUT2D eigenvalue weighted by Crippen LogP contribution is 2.38. The molecule has 0 saturated heterocycles. The Morgan fingerprint density at radius 2 is 1.90 bits per heavy atom. The van der Waals surface area contributed by atoms with Crippen molar-refractivity contribution in [1.29, 1.82) is 0 Å². The summed E-state index contributed by atoms with van der Waals surface area (Å²) in [7, 11) is 0. The zero-order valence-corrected chi connectivity index (χ0v) is 13.2. The van der Waals surface area contributed by atoms with Gasteiger partial charge >= 0.3 is 6.18 Å². The molecule has 0 radical (unpaired) electrons. The molecule has 20 heavy (non-hydrogen) atoms. The minimum Gasteiger partial charge on any atom is -0.312 e. The Hall–Kier alpha value is -0.290. The van der Waals surface area contributed by atoms with Crippen LogP contribution in [0.2, 0.25) is 0 Å². The van der Waals surface area contributed by atoms with Crippen molar-refractivity contribution in [1.82, 2.24) is 10.2 Å². The lowest BCUT2D eigenvalue weighted by atomic mass is 9.72. The van der Waals surface area contributed by atoms with Crippen LogP contribution < -0.4 is 5.32 Å². The number of likely N-dealkylation sites (N-methyl/N-ethyl adjacent to an activating group) is 1. The first-order chi connectivity index (χ1) is 9.18. The largest absolute Gasteiger partial charge is 0.401 e. The maximum atomic E-state index is 12.8. The Labute approximate surface area is 121 Å². The van der Waals surface area contributed by atoms with E-state index in [0.717, 1.165) is 32.2 Å². The standard InChI is InChI=1S/C15H29F3N2/c1-5-9-19-12-7-8-14(3,4)10-13(12)20(6-2)11-15(16,17)18/h12-13,19H,5-11H2,1-4H3. The van der Waals surface area contributed by atoms with Crippen molar-refractivity contribution in [3.63, 3.8) is 0 Å². The first-order valence-corrected chi connectivity index (χ1v) is 7.72. The highest BCUT2D eigenvalue weighted by Gasteiger charge is 2.41. The Balaban J connectivity index is 2.79. The van der Waals surface area contributed by atoms with Crippen LogP contribution in [-0.4, -0.2) is 42.8 Å². The van der Waals surface area contributed by atoms with E-state index in [2.05, 4.69) is 26.1 Å². The van der Waals surface area contributed by atoms with Crippen LogP contribution in [0.1, 0.15) is 53.4 Å². The summed E-state index contributed by atoms with van der Waals surface area (Å²) >= 11 is 0. The van der Waals surface area contributed by atoms with Crippen molar-refractivity contribution in [2.45, 2.75) is 71.6 Å². The maximum Gasteiger partial charge on any atom is 0.401 e. The number of nitrogens with zero attached hydrogens (tertiary/aromatic N) is 1. The van der Waals surface area contributed by atoms with Gasteiger partial charge in [0.1, 0.15) is 0 Å². The molecule has 1 N–H and O–H groups in total. The van der Waals surface area contributed by atoms with Crippen LogP contribution in [0.15, 0.2) is 0 Å². The van der Waals surface area contributed by atoms with Gasteiger partial charge in [-0.2, -0.15) is 13.2 Å². The Kier molecular flexibility index (Phi) is 6.32. The molecule has 0 amide bonds. The van der Waals surface area contributed by atoms with E-state index in [9.17, 15) is 13.2 Å². The summed E-state index contributed by atoms with van der Waals surface area (Å²) in [6.45, 7) is 8.77. The van der Waals surface area contributed by atoms with E-state index in [1.807, 2.05) is 6.92 Å². The van der Waals surface area contributed by atoms with Crippen molar-refractivity contribution < 1.29 is 13.2 Å². The second kappa shape index (κ2) is 7.12. The molecule has 1 aliphatic carbocycles. The topological polar surface area (TPSA) is 15.3 Å². The molecule has 1 fully saturated rings. The zero-order valence-electron chi connectivity index (χ0n) is 13.2. The number of hydrogen-bond donors (Lipinski definition) is 1. The minimum atomic E-state index is -4.12. The van der Waals surface area contributed by atoms with Gasteiger partial charge in [-0.05, 0) is 44.2 Å². The zero-order chi connectivity index (χ0) is 15.4. The monoisotopic (exact) mass is 294 g/mol. The summed E-state index contributed by atoms with van der Waals surface area (Å²) in [6.07, 6.45) is -0.232. The summed E-state index contributed by atoms with van der Waals surface area (Å²) in [6, 6.07) is 0.169. The van der Waals surface area contributed by atoms with Crippen molar-refractivity contribution >= 4 is 0 Å². The molecule has 1 aliphatic rings. The summed E-state index contributed by atoms with van der Waals surface area (Å²) in [5.74, 6) is 0. The van der Waals surface area contributed by atoms with E-state index in [4.69, 9.17) is 0 Å². The van der Waals surface area contributed by atoms with Gasteiger partial charge in [0.25, 0.3) is 0 Å². The molecule has 0 bridgehead atoms. The van der Waals surface area contributed by atoms with Crippen molar-refractivity contribution in [2.75, 3.05) is 19.6 Å². The van der Waals surface area contributed by atoms with Crippen LogP contribution >= 0.6 is 0 Å². The lowest BCUT2D eigenvalue weighted by molar-refractivity contribution is -0.154. The quantitative estimate of drug-likeness (QED) is 0.801. The van der Waals surface area contributed by atoms with Gasteiger partial charge in [0.05, 0.1) is 6.54 Å². The summed E-state index contributed by atoms with van der Waals surface area (Å²) in [5, 5.41) is 3.45. The smallest absolute Gasteiger partial charge is 0.312 e. The summed E-state index contributed by atoms with van der Waals surface area (Å²) in [5.41, 5.74) is 0.133. The number of alkyl halides is 3.